The van der Waals surface area contributed by atoms with Gasteiger partial charge in [-0.3, -0.25) is 4.79 Å². The van der Waals surface area contributed by atoms with Gasteiger partial charge in [0.15, 0.2) is 0 Å². The number of carbonyl (C=O) groups is 1. The van der Waals surface area contributed by atoms with Crippen LogP contribution in [0, 0.1) is 0 Å². The van der Waals surface area contributed by atoms with Crippen LogP contribution in [0.25, 0.3) is 0 Å². The first kappa shape index (κ1) is 9.13. The van der Waals surface area contributed by atoms with E-state index in [2.05, 4.69) is 0 Å². The molecule has 1 saturated heterocycles. The molecular formula is C7H14O2SSi. The Balaban J connectivity index is 2.12. The van der Waals surface area contributed by atoms with Crippen LogP contribution in [-0.4, -0.2) is 33.3 Å². The van der Waals surface area contributed by atoms with Crippen molar-refractivity contribution in [1.29, 1.82) is 0 Å². The van der Waals surface area contributed by atoms with E-state index >= 15 is 0 Å². The molecule has 0 bridgehead atoms. The summed E-state index contributed by atoms with van der Waals surface area (Å²) in [6.07, 6.45) is 1.04. The van der Waals surface area contributed by atoms with Crippen molar-refractivity contribution in [3.63, 3.8) is 0 Å². The summed E-state index contributed by atoms with van der Waals surface area (Å²) in [6, 6.07) is 1.22. The standard InChI is InChI=1S/C7H14O2SSi/c1-7(5-10-7)6(8)9-3-2-4-11/h2-5H2,1,11H3. The summed E-state index contributed by atoms with van der Waals surface area (Å²) < 4.78 is 4.90. The summed E-state index contributed by atoms with van der Waals surface area (Å²) in [5.41, 5.74) is 0. The summed E-state index contributed by atoms with van der Waals surface area (Å²) in [4.78, 5) is 11.2. The van der Waals surface area contributed by atoms with Crippen molar-refractivity contribution in [2.75, 3.05) is 12.4 Å². The van der Waals surface area contributed by atoms with Crippen molar-refractivity contribution in [2.45, 2.75) is 24.1 Å². The minimum atomic E-state index is -0.175. The third-order valence-corrected chi connectivity index (χ3v) is 3.77. The van der Waals surface area contributed by atoms with Gasteiger partial charge in [-0.15, -0.1) is 11.8 Å². The average molecular weight is 190 g/mol. The minimum absolute atomic E-state index is 0.0161. The number of esters is 1. The maximum Gasteiger partial charge on any atom is 0.322 e. The van der Waals surface area contributed by atoms with Crippen molar-refractivity contribution in [1.82, 2.24) is 0 Å². The third-order valence-electron chi connectivity index (χ3n) is 1.74. The van der Waals surface area contributed by atoms with Crippen molar-refractivity contribution >= 4 is 28.0 Å². The Morgan fingerprint density at radius 2 is 2.45 bits per heavy atom. The van der Waals surface area contributed by atoms with E-state index in [-0.39, 0.29) is 10.7 Å². The second-order valence-electron chi connectivity index (χ2n) is 3.01. The highest BCUT2D eigenvalue weighted by molar-refractivity contribution is 8.08. The third kappa shape index (κ3) is 2.52. The lowest BCUT2D eigenvalue weighted by molar-refractivity contribution is -0.144. The summed E-state index contributed by atoms with van der Waals surface area (Å²) in [5.74, 6) is 0.921. The van der Waals surface area contributed by atoms with Crippen LogP contribution < -0.4 is 0 Å². The molecule has 1 unspecified atom stereocenters. The first-order valence-electron chi connectivity index (χ1n) is 4.00. The van der Waals surface area contributed by atoms with Crippen LogP contribution in [0.1, 0.15) is 13.3 Å². The molecule has 1 heterocycles. The number of ether oxygens (including phenoxy) is 1. The zero-order valence-corrected chi connectivity index (χ0v) is 9.87. The van der Waals surface area contributed by atoms with Gasteiger partial charge in [0.1, 0.15) is 4.75 Å². The number of carbonyl (C=O) groups excluding carboxylic acids is 1. The monoisotopic (exact) mass is 190 g/mol. The van der Waals surface area contributed by atoms with E-state index in [0.717, 1.165) is 12.2 Å². The van der Waals surface area contributed by atoms with Crippen molar-refractivity contribution in [3.8, 4) is 0 Å². The topological polar surface area (TPSA) is 26.3 Å². The Morgan fingerprint density at radius 1 is 1.82 bits per heavy atom. The van der Waals surface area contributed by atoms with E-state index in [1.54, 1.807) is 11.8 Å². The van der Waals surface area contributed by atoms with E-state index in [9.17, 15) is 4.79 Å². The van der Waals surface area contributed by atoms with Gasteiger partial charge in [-0.25, -0.2) is 0 Å². The molecule has 0 N–H and O–H groups in total. The molecule has 1 aliphatic heterocycles. The molecule has 0 aromatic carbocycles. The van der Waals surface area contributed by atoms with Gasteiger partial charge in [0.05, 0.1) is 6.61 Å². The SMILES string of the molecule is CC1(C(=O)OCCC[SiH3])CS1. The van der Waals surface area contributed by atoms with Crippen LogP contribution in [0.4, 0.5) is 0 Å². The second-order valence-corrected chi connectivity index (χ2v) is 5.49. The lowest BCUT2D eigenvalue weighted by Crippen LogP contribution is -2.22. The Kier molecular flexibility index (Phi) is 3.01. The fourth-order valence-electron chi connectivity index (χ4n) is 0.688. The Bertz CT molecular complexity index is 157. The molecule has 0 spiro atoms. The summed E-state index contributed by atoms with van der Waals surface area (Å²) >= 11 is 1.67. The quantitative estimate of drug-likeness (QED) is 0.274. The van der Waals surface area contributed by atoms with Gasteiger partial charge in [0, 0.05) is 16.0 Å². The van der Waals surface area contributed by atoms with Crippen LogP contribution in [-0.2, 0) is 9.53 Å². The maximum atomic E-state index is 11.2. The molecule has 4 heteroatoms. The van der Waals surface area contributed by atoms with E-state index in [1.165, 1.54) is 16.3 Å². The van der Waals surface area contributed by atoms with E-state index < -0.39 is 0 Å². The number of hydrogen-bond acceptors (Lipinski definition) is 3. The molecule has 0 aromatic heterocycles. The zero-order valence-electron chi connectivity index (χ0n) is 7.05. The van der Waals surface area contributed by atoms with Crippen LogP contribution in [0.5, 0.6) is 0 Å². The lowest BCUT2D eigenvalue weighted by atomic mass is 10.2. The van der Waals surface area contributed by atoms with Gasteiger partial charge in [-0.1, -0.05) is 6.04 Å². The molecule has 64 valence electrons. The molecule has 11 heavy (non-hydrogen) atoms. The molecule has 1 rings (SSSR count). The molecule has 1 fully saturated rings. The van der Waals surface area contributed by atoms with Gasteiger partial charge >= 0.3 is 5.97 Å². The van der Waals surface area contributed by atoms with Crippen LogP contribution in [0.2, 0.25) is 6.04 Å². The first-order chi connectivity index (χ1) is 5.19. The van der Waals surface area contributed by atoms with Crippen LogP contribution in [0.3, 0.4) is 0 Å². The van der Waals surface area contributed by atoms with Crippen molar-refractivity contribution in [2.24, 2.45) is 0 Å². The van der Waals surface area contributed by atoms with Crippen molar-refractivity contribution < 1.29 is 9.53 Å². The fraction of sp³-hybridized carbons (Fsp3) is 0.857. The molecule has 0 amide bonds. The molecular weight excluding hydrogens is 176 g/mol. The predicted molar refractivity (Wildman–Crippen MR) is 51.2 cm³/mol. The maximum absolute atomic E-state index is 11.2. The first-order valence-corrected chi connectivity index (χ1v) is 6.40. The molecule has 1 aliphatic rings. The van der Waals surface area contributed by atoms with Gasteiger partial charge in [0.25, 0.3) is 0 Å². The fourth-order valence-corrected chi connectivity index (χ4v) is 1.49. The highest BCUT2D eigenvalue weighted by Crippen LogP contribution is 2.44. The van der Waals surface area contributed by atoms with Crippen LogP contribution in [0.15, 0.2) is 0 Å². The highest BCUT2D eigenvalue weighted by Gasteiger charge is 2.47. The Hall–Kier alpha value is 0.0369. The second kappa shape index (κ2) is 3.63. The highest BCUT2D eigenvalue weighted by atomic mass is 32.2. The average Bonchev–Trinajstić information content (AvgIpc) is 2.70. The van der Waals surface area contributed by atoms with E-state index in [4.69, 9.17) is 4.74 Å². The number of hydrogen-bond donors (Lipinski definition) is 0. The zero-order chi connectivity index (χ0) is 8.32. The predicted octanol–water partition coefficient (Wildman–Crippen LogP) is 0.209. The van der Waals surface area contributed by atoms with Crippen molar-refractivity contribution in [3.05, 3.63) is 0 Å². The van der Waals surface area contributed by atoms with E-state index in [1.807, 2.05) is 6.92 Å². The summed E-state index contributed by atoms with van der Waals surface area (Å²) in [7, 11) is 1.21. The smallest absolute Gasteiger partial charge is 0.322 e. The molecule has 0 aromatic rings. The number of rotatable bonds is 4. The number of thioether (sulfide) groups is 1. The van der Waals surface area contributed by atoms with Crippen LogP contribution >= 0.6 is 11.8 Å². The lowest BCUT2D eigenvalue weighted by Gasteiger charge is -2.06. The van der Waals surface area contributed by atoms with Gasteiger partial charge < -0.3 is 4.74 Å². The Labute approximate surface area is 74.5 Å². The molecule has 0 aliphatic carbocycles. The van der Waals surface area contributed by atoms with Gasteiger partial charge in [-0.05, 0) is 13.3 Å². The Morgan fingerprint density at radius 3 is 2.91 bits per heavy atom. The molecule has 2 nitrogen and oxygen atoms in total. The van der Waals surface area contributed by atoms with E-state index in [0.29, 0.717) is 6.61 Å². The van der Waals surface area contributed by atoms with Gasteiger partial charge in [-0.2, -0.15) is 0 Å². The summed E-state index contributed by atoms with van der Waals surface area (Å²) in [6.45, 7) is 2.57. The largest absolute Gasteiger partial charge is 0.465 e. The molecule has 0 saturated carbocycles. The minimum Gasteiger partial charge on any atom is -0.465 e. The normalized spacial score (nSPS) is 28.5. The molecule has 0 radical (unpaired) electrons. The molecule has 1 atom stereocenters. The van der Waals surface area contributed by atoms with Gasteiger partial charge in [0.2, 0.25) is 0 Å². The summed E-state index contributed by atoms with van der Waals surface area (Å²) in [5, 5.41) is 0.